The molecule has 1 N–H and O–H groups in total. The molecule has 0 radical (unpaired) electrons. The van der Waals surface area contributed by atoms with Gasteiger partial charge in [0.1, 0.15) is 5.75 Å². The van der Waals surface area contributed by atoms with Crippen LogP contribution in [0.5, 0.6) is 5.75 Å². The first-order chi connectivity index (χ1) is 9.15. The average molecular weight is 261 g/mol. The quantitative estimate of drug-likeness (QED) is 0.848. The van der Waals surface area contributed by atoms with Crippen molar-refractivity contribution < 1.29 is 9.53 Å². The van der Waals surface area contributed by atoms with Crippen LogP contribution >= 0.6 is 0 Å². The third kappa shape index (κ3) is 3.88. The highest BCUT2D eigenvalue weighted by molar-refractivity contribution is 5.81. The van der Waals surface area contributed by atoms with Crippen molar-refractivity contribution in [3.63, 3.8) is 0 Å². The van der Waals surface area contributed by atoms with Crippen LogP contribution in [-0.4, -0.2) is 37.6 Å². The number of carbonyl (C=O) groups excluding carboxylic acids is 1. The molecule has 1 rings (SSSR count). The van der Waals surface area contributed by atoms with E-state index < -0.39 is 0 Å². The topological polar surface area (TPSA) is 65.4 Å². The molecule has 0 aromatic heterocycles. The molecule has 1 aromatic carbocycles. The van der Waals surface area contributed by atoms with Crippen LogP contribution in [0.2, 0.25) is 0 Å². The van der Waals surface area contributed by atoms with Gasteiger partial charge in [0.25, 0.3) is 0 Å². The van der Waals surface area contributed by atoms with Crippen molar-refractivity contribution in [1.82, 2.24) is 4.90 Å². The molecular formula is C14H19N3O2. The minimum Gasteiger partial charge on any atom is -0.495 e. The van der Waals surface area contributed by atoms with Crippen LogP contribution in [0, 0.1) is 11.3 Å². The molecule has 102 valence electrons. The van der Waals surface area contributed by atoms with Gasteiger partial charge in [-0.1, -0.05) is 0 Å². The summed E-state index contributed by atoms with van der Waals surface area (Å²) in [5, 5.41) is 11.9. The monoisotopic (exact) mass is 261 g/mol. The van der Waals surface area contributed by atoms with Crippen molar-refractivity contribution in [2.24, 2.45) is 0 Å². The molecule has 5 heteroatoms. The Hall–Kier alpha value is -2.22. The highest BCUT2D eigenvalue weighted by Gasteiger charge is 2.10. The zero-order valence-electron chi connectivity index (χ0n) is 11.6. The Bertz CT molecular complexity index is 476. The normalized spacial score (nSPS) is 9.58. The third-order valence-corrected chi connectivity index (χ3v) is 2.88. The van der Waals surface area contributed by atoms with Crippen LogP contribution in [0.3, 0.4) is 0 Å². The van der Waals surface area contributed by atoms with Crippen LogP contribution in [0.1, 0.15) is 19.4 Å². The molecule has 0 unspecified atom stereocenters. The van der Waals surface area contributed by atoms with E-state index in [1.807, 2.05) is 19.9 Å². The smallest absolute Gasteiger partial charge is 0.241 e. The fourth-order valence-electron chi connectivity index (χ4n) is 1.77. The highest BCUT2D eigenvalue weighted by atomic mass is 16.5. The van der Waals surface area contributed by atoms with Crippen molar-refractivity contribution >= 4 is 11.6 Å². The summed E-state index contributed by atoms with van der Waals surface area (Å²) in [6.45, 7) is 5.50. The molecule has 19 heavy (non-hydrogen) atoms. The third-order valence-electron chi connectivity index (χ3n) is 2.88. The number of hydrogen-bond donors (Lipinski definition) is 1. The largest absolute Gasteiger partial charge is 0.495 e. The summed E-state index contributed by atoms with van der Waals surface area (Å²) in [4.78, 5) is 13.6. The highest BCUT2D eigenvalue weighted by Crippen LogP contribution is 2.25. The SMILES string of the molecule is CCN(CC)C(=O)CNc1ccc(C#N)cc1OC. The van der Waals surface area contributed by atoms with E-state index in [9.17, 15) is 4.79 Å². The first-order valence-electron chi connectivity index (χ1n) is 6.26. The standard InChI is InChI=1S/C14H19N3O2/c1-4-17(5-2)14(18)10-16-12-7-6-11(9-15)8-13(12)19-3/h6-8,16H,4-5,10H2,1-3H3. The van der Waals surface area contributed by atoms with Crippen molar-refractivity contribution in [2.45, 2.75) is 13.8 Å². The molecule has 0 aliphatic carbocycles. The molecule has 0 saturated carbocycles. The molecule has 5 nitrogen and oxygen atoms in total. The second-order valence-electron chi connectivity index (χ2n) is 3.95. The van der Waals surface area contributed by atoms with Crippen LogP contribution < -0.4 is 10.1 Å². The summed E-state index contributed by atoms with van der Waals surface area (Å²) < 4.78 is 5.19. The number of methoxy groups -OCH3 is 1. The fourth-order valence-corrected chi connectivity index (χ4v) is 1.77. The number of hydrogen-bond acceptors (Lipinski definition) is 4. The Balaban J connectivity index is 2.73. The number of amides is 1. The van der Waals surface area contributed by atoms with Gasteiger partial charge in [-0.25, -0.2) is 0 Å². The zero-order valence-corrected chi connectivity index (χ0v) is 11.6. The number of nitriles is 1. The molecule has 0 saturated heterocycles. The molecule has 1 aromatic rings. The molecule has 0 atom stereocenters. The minimum absolute atomic E-state index is 0.0383. The van der Waals surface area contributed by atoms with Gasteiger partial charge in [0.15, 0.2) is 0 Å². The number of ether oxygens (including phenoxy) is 1. The van der Waals surface area contributed by atoms with Crippen LogP contribution in [-0.2, 0) is 4.79 Å². The summed E-state index contributed by atoms with van der Waals surface area (Å²) in [6, 6.07) is 7.12. The lowest BCUT2D eigenvalue weighted by atomic mass is 10.2. The molecule has 0 fully saturated rings. The van der Waals surface area contributed by atoms with Crippen molar-refractivity contribution in [2.75, 3.05) is 32.1 Å². The zero-order chi connectivity index (χ0) is 14.3. The molecule has 1 amide bonds. The average Bonchev–Trinajstić information content (AvgIpc) is 2.46. The van der Waals surface area contributed by atoms with E-state index in [1.165, 1.54) is 7.11 Å². The van der Waals surface area contributed by atoms with Gasteiger partial charge in [-0.15, -0.1) is 0 Å². The summed E-state index contributed by atoms with van der Waals surface area (Å²) in [5.41, 5.74) is 1.24. The van der Waals surface area contributed by atoms with Crippen LogP contribution in [0.25, 0.3) is 0 Å². The lowest BCUT2D eigenvalue weighted by Gasteiger charge is -2.19. The number of likely N-dealkylation sites (N-methyl/N-ethyl adjacent to an activating group) is 1. The van der Waals surface area contributed by atoms with E-state index in [2.05, 4.69) is 5.32 Å². The maximum Gasteiger partial charge on any atom is 0.241 e. The van der Waals surface area contributed by atoms with E-state index in [4.69, 9.17) is 10.00 Å². The van der Waals surface area contributed by atoms with Gasteiger partial charge in [-0.3, -0.25) is 4.79 Å². The predicted molar refractivity (Wildman–Crippen MR) is 74.1 cm³/mol. The Labute approximate surface area is 113 Å². The Morgan fingerprint density at radius 3 is 2.63 bits per heavy atom. The van der Waals surface area contributed by atoms with E-state index in [1.54, 1.807) is 23.1 Å². The number of rotatable bonds is 6. The molecule has 0 bridgehead atoms. The van der Waals surface area contributed by atoms with Crippen molar-refractivity contribution in [3.05, 3.63) is 23.8 Å². The summed E-state index contributed by atoms with van der Waals surface area (Å²) in [5.74, 6) is 0.600. The van der Waals surface area contributed by atoms with Gasteiger partial charge < -0.3 is 15.0 Å². The maximum absolute atomic E-state index is 11.9. The molecule has 0 spiro atoms. The van der Waals surface area contributed by atoms with E-state index in [-0.39, 0.29) is 12.5 Å². The van der Waals surface area contributed by atoms with Crippen LogP contribution in [0.15, 0.2) is 18.2 Å². The van der Waals surface area contributed by atoms with E-state index in [0.29, 0.717) is 30.1 Å². The number of carbonyl (C=O) groups is 1. The van der Waals surface area contributed by atoms with Crippen molar-refractivity contribution in [1.29, 1.82) is 5.26 Å². The number of nitrogens with zero attached hydrogens (tertiary/aromatic N) is 2. The van der Waals surface area contributed by atoms with Gasteiger partial charge in [-0.05, 0) is 26.0 Å². The lowest BCUT2D eigenvalue weighted by Crippen LogP contribution is -2.35. The summed E-state index contributed by atoms with van der Waals surface area (Å²) in [7, 11) is 1.54. The molecule has 0 aliphatic heterocycles. The van der Waals surface area contributed by atoms with Gasteiger partial charge in [-0.2, -0.15) is 5.26 Å². The van der Waals surface area contributed by atoms with Gasteiger partial charge in [0.2, 0.25) is 5.91 Å². The fraction of sp³-hybridized carbons (Fsp3) is 0.429. The Morgan fingerprint density at radius 1 is 1.42 bits per heavy atom. The summed E-state index contributed by atoms with van der Waals surface area (Å²) in [6.07, 6.45) is 0. The Kier molecular flexibility index (Phi) is 5.68. The second-order valence-corrected chi connectivity index (χ2v) is 3.95. The molecular weight excluding hydrogens is 242 g/mol. The van der Waals surface area contributed by atoms with Gasteiger partial charge in [0, 0.05) is 19.2 Å². The number of anilines is 1. The molecule has 0 aliphatic rings. The maximum atomic E-state index is 11.9. The first-order valence-corrected chi connectivity index (χ1v) is 6.26. The first kappa shape index (κ1) is 14.8. The second kappa shape index (κ2) is 7.27. The molecule has 0 heterocycles. The predicted octanol–water partition coefficient (Wildman–Crippen LogP) is 1.85. The Morgan fingerprint density at radius 2 is 2.11 bits per heavy atom. The minimum atomic E-state index is 0.0383. The number of nitrogens with one attached hydrogen (secondary N) is 1. The van der Waals surface area contributed by atoms with Gasteiger partial charge in [0.05, 0.1) is 31.0 Å². The number of benzene rings is 1. The van der Waals surface area contributed by atoms with Crippen LogP contribution in [0.4, 0.5) is 5.69 Å². The van der Waals surface area contributed by atoms with E-state index in [0.717, 1.165) is 0 Å². The lowest BCUT2D eigenvalue weighted by molar-refractivity contribution is -0.128. The summed E-state index contributed by atoms with van der Waals surface area (Å²) >= 11 is 0. The van der Waals surface area contributed by atoms with Gasteiger partial charge >= 0.3 is 0 Å². The van der Waals surface area contributed by atoms with Crippen molar-refractivity contribution in [3.8, 4) is 11.8 Å². The van der Waals surface area contributed by atoms with E-state index >= 15 is 0 Å².